The number of carbonyl (C=O) groups is 1. The number of carbonyl (C=O) groups excluding carboxylic acids is 1. The second-order valence-electron chi connectivity index (χ2n) is 6.29. The third-order valence-electron chi connectivity index (χ3n) is 4.58. The van der Waals surface area contributed by atoms with Gasteiger partial charge in [-0.2, -0.15) is 0 Å². The number of piperidine rings is 1. The fourth-order valence-electron chi connectivity index (χ4n) is 3.48. The van der Waals surface area contributed by atoms with Gasteiger partial charge < -0.3 is 10.1 Å². The summed E-state index contributed by atoms with van der Waals surface area (Å²) >= 11 is 0. The van der Waals surface area contributed by atoms with Crippen LogP contribution in [-0.2, 0) is 9.53 Å². The van der Waals surface area contributed by atoms with Gasteiger partial charge in [-0.1, -0.05) is 19.3 Å². The molecule has 4 heteroatoms. The lowest BCUT2D eigenvalue weighted by molar-refractivity contribution is -0.144. The Morgan fingerprint density at radius 1 is 1.20 bits per heavy atom. The summed E-state index contributed by atoms with van der Waals surface area (Å²) < 4.78 is 5.03. The molecule has 4 nitrogen and oxygen atoms in total. The molecule has 1 heterocycles. The number of esters is 1. The number of hydrogen-bond donors (Lipinski definition) is 1. The van der Waals surface area contributed by atoms with E-state index in [4.69, 9.17) is 4.74 Å². The lowest BCUT2D eigenvalue weighted by atomic mass is 9.89. The first-order valence-electron chi connectivity index (χ1n) is 8.39. The number of nitrogens with zero attached hydrogens (tertiary/aromatic N) is 1. The maximum absolute atomic E-state index is 11.5. The molecule has 1 unspecified atom stereocenters. The quantitative estimate of drug-likeness (QED) is 0.758. The minimum atomic E-state index is -0.0829. The SMILES string of the molecule is CCOC(=O)CN1CCCC(NCC2CCCCC2)C1. The highest BCUT2D eigenvalue weighted by atomic mass is 16.5. The third kappa shape index (κ3) is 5.41. The molecule has 1 aliphatic carbocycles. The van der Waals surface area contributed by atoms with Crippen molar-refractivity contribution in [2.24, 2.45) is 5.92 Å². The fraction of sp³-hybridized carbons (Fsp3) is 0.938. The van der Waals surface area contributed by atoms with Crippen molar-refractivity contribution in [1.29, 1.82) is 0 Å². The molecule has 0 radical (unpaired) electrons. The highest BCUT2D eigenvalue weighted by Crippen LogP contribution is 2.23. The molecule has 0 aromatic heterocycles. The zero-order valence-electron chi connectivity index (χ0n) is 12.9. The fourth-order valence-corrected chi connectivity index (χ4v) is 3.48. The summed E-state index contributed by atoms with van der Waals surface area (Å²) in [6.45, 7) is 5.98. The van der Waals surface area contributed by atoms with Gasteiger partial charge in [-0.3, -0.25) is 9.69 Å². The summed E-state index contributed by atoms with van der Waals surface area (Å²) in [6, 6.07) is 0.556. The minimum Gasteiger partial charge on any atom is -0.465 e. The Morgan fingerprint density at radius 2 is 2.00 bits per heavy atom. The van der Waals surface area contributed by atoms with E-state index in [1.165, 1.54) is 44.9 Å². The van der Waals surface area contributed by atoms with Crippen LogP contribution in [-0.4, -0.2) is 49.7 Å². The van der Waals surface area contributed by atoms with Crippen molar-refractivity contribution in [3.05, 3.63) is 0 Å². The van der Waals surface area contributed by atoms with Crippen LogP contribution in [0.4, 0.5) is 0 Å². The summed E-state index contributed by atoms with van der Waals surface area (Å²) in [4.78, 5) is 13.8. The first kappa shape index (κ1) is 15.8. The largest absolute Gasteiger partial charge is 0.465 e. The summed E-state index contributed by atoms with van der Waals surface area (Å²) in [5.41, 5.74) is 0. The Hall–Kier alpha value is -0.610. The standard InChI is InChI=1S/C16H30N2O2/c1-2-20-16(19)13-18-10-6-9-15(12-18)17-11-14-7-4-3-5-8-14/h14-15,17H,2-13H2,1H3. The lowest BCUT2D eigenvalue weighted by Crippen LogP contribution is -2.48. The Kier molecular flexibility index (Phi) is 6.80. The van der Waals surface area contributed by atoms with E-state index in [2.05, 4.69) is 10.2 Å². The molecule has 1 atom stereocenters. The first-order valence-corrected chi connectivity index (χ1v) is 8.39. The predicted octanol–water partition coefficient (Wildman–Crippen LogP) is 2.18. The van der Waals surface area contributed by atoms with E-state index in [0.717, 1.165) is 25.6 Å². The zero-order chi connectivity index (χ0) is 14.2. The topological polar surface area (TPSA) is 41.6 Å². The lowest BCUT2D eigenvalue weighted by Gasteiger charge is -2.34. The van der Waals surface area contributed by atoms with Gasteiger partial charge in [-0.15, -0.1) is 0 Å². The zero-order valence-corrected chi connectivity index (χ0v) is 12.9. The number of rotatable bonds is 6. The van der Waals surface area contributed by atoms with Crippen LogP contribution in [0.2, 0.25) is 0 Å². The number of hydrogen-bond acceptors (Lipinski definition) is 4. The molecule has 2 fully saturated rings. The Bertz CT molecular complexity index is 290. The van der Waals surface area contributed by atoms with Gasteiger partial charge in [0, 0.05) is 12.6 Å². The van der Waals surface area contributed by atoms with Crippen LogP contribution in [0.5, 0.6) is 0 Å². The maximum Gasteiger partial charge on any atom is 0.320 e. The Labute approximate surface area is 123 Å². The van der Waals surface area contributed by atoms with E-state index in [-0.39, 0.29) is 5.97 Å². The van der Waals surface area contributed by atoms with Crippen molar-refractivity contribution in [2.45, 2.75) is 57.9 Å². The number of nitrogens with one attached hydrogen (secondary N) is 1. The maximum atomic E-state index is 11.5. The summed E-state index contributed by atoms with van der Waals surface area (Å²) in [7, 11) is 0. The minimum absolute atomic E-state index is 0.0829. The van der Waals surface area contributed by atoms with E-state index >= 15 is 0 Å². The monoisotopic (exact) mass is 282 g/mol. The molecule has 1 N–H and O–H groups in total. The summed E-state index contributed by atoms with van der Waals surface area (Å²) in [5.74, 6) is 0.796. The summed E-state index contributed by atoms with van der Waals surface area (Å²) in [5, 5.41) is 3.73. The Morgan fingerprint density at radius 3 is 2.75 bits per heavy atom. The van der Waals surface area contributed by atoms with E-state index in [0.29, 0.717) is 19.2 Å². The molecule has 20 heavy (non-hydrogen) atoms. The van der Waals surface area contributed by atoms with Gasteiger partial charge in [0.15, 0.2) is 0 Å². The van der Waals surface area contributed by atoms with Crippen molar-refractivity contribution in [2.75, 3.05) is 32.8 Å². The smallest absolute Gasteiger partial charge is 0.320 e. The van der Waals surface area contributed by atoms with Gasteiger partial charge in [-0.05, 0) is 51.6 Å². The van der Waals surface area contributed by atoms with Crippen LogP contribution in [0.1, 0.15) is 51.9 Å². The van der Waals surface area contributed by atoms with Gasteiger partial charge in [0.2, 0.25) is 0 Å². The molecule has 1 aliphatic heterocycles. The molecule has 116 valence electrons. The molecule has 0 amide bonds. The van der Waals surface area contributed by atoms with Crippen LogP contribution >= 0.6 is 0 Å². The highest BCUT2D eigenvalue weighted by Gasteiger charge is 2.22. The van der Waals surface area contributed by atoms with Crippen molar-refractivity contribution in [3.63, 3.8) is 0 Å². The van der Waals surface area contributed by atoms with Crippen LogP contribution in [0.15, 0.2) is 0 Å². The second-order valence-corrected chi connectivity index (χ2v) is 6.29. The highest BCUT2D eigenvalue weighted by molar-refractivity contribution is 5.71. The molecule has 0 spiro atoms. The molecule has 1 saturated carbocycles. The molecule has 0 bridgehead atoms. The van der Waals surface area contributed by atoms with Crippen LogP contribution < -0.4 is 5.32 Å². The molecule has 1 saturated heterocycles. The second kappa shape index (κ2) is 8.63. The molecule has 0 aromatic rings. The van der Waals surface area contributed by atoms with Crippen molar-refractivity contribution in [1.82, 2.24) is 10.2 Å². The molecule has 2 rings (SSSR count). The number of ether oxygens (including phenoxy) is 1. The average molecular weight is 282 g/mol. The van der Waals surface area contributed by atoms with Gasteiger partial charge >= 0.3 is 5.97 Å². The van der Waals surface area contributed by atoms with E-state index in [1.54, 1.807) is 0 Å². The molecule has 0 aromatic carbocycles. The van der Waals surface area contributed by atoms with Gasteiger partial charge in [-0.25, -0.2) is 0 Å². The molecular formula is C16H30N2O2. The van der Waals surface area contributed by atoms with Crippen LogP contribution in [0.3, 0.4) is 0 Å². The Balaban J connectivity index is 1.65. The molecule has 2 aliphatic rings. The van der Waals surface area contributed by atoms with Crippen molar-refractivity contribution < 1.29 is 9.53 Å². The van der Waals surface area contributed by atoms with E-state index < -0.39 is 0 Å². The normalized spacial score (nSPS) is 25.6. The van der Waals surface area contributed by atoms with Crippen molar-refractivity contribution in [3.8, 4) is 0 Å². The van der Waals surface area contributed by atoms with Gasteiger partial charge in [0.25, 0.3) is 0 Å². The van der Waals surface area contributed by atoms with Crippen molar-refractivity contribution >= 4 is 5.97 Å². The summed E-state index contributed by atoms with van der Waals surface area (Å²) in [6.07, 6.45) is 9.46. The number of likely N-dealkylation sites (tertiary alicyclic amines) is 1. The third-order valence-corrected chi connectivity index (χ3v) is 4.58. The van der Waals surface area contributed by atoms with Gasteiger partial charge in [0.05, 0.1) is 13.2 Å². The molecular weight excluding hydrogens is 252 g/mol. The van der Waals surface area contributed by atoms with Crippen LogP contribution in [0.25, 0.3) is 0 Å². The van der Waals surface area contributed by atoms with Gasteiger partial charge in [0.1, 0.15) is 0 Å². The van der Waals surface area contributed by atoms with E-state index in [9.17, 15) is 4.79 Å². The van der Waals surface area contributed by atoms with E-state index in [1.807, 2.05) is 6.92 Å². The predicted molar refractivity (Wildman–Crippen MR) is 80.7 cm³/mol. The van der Waals surface area contributed by atoms with Crippen LogP contribution in [0, 0.1) is 5.92 Å². The first-order chi connectivity index (χ1) is 9.78. The average Bonchev–Trinajstić information content (AvgIpc) is 2.47.